The molecule has 0 aliphatic heterocycles. The number of rotatable bonds is 8. The van der Waals surface area contributed by atoms with Crippen molar-refractivity contribution in [3.63, 3.8) is 0 Å². The van der Waals surface area contributed by atoms with Gasteiger partial charge >= 0.3 is 0 Å². The van der Waals surface area contributed by atoms with Crippen molar-refractivity contribution in [2.24, 2.45) is 5.73 Å². The molecular weight excluding hydrogens is 304 g/mol. The molecule has 0 spiro atoms. The molecule has 1 amide bonds. The Labute approximate surface area is 142 Å². The van der Waals surface area contributed by atoms with Crippen LogP contribution in [-0.2, 0) is 16.1 Å². The van der Waals surface area contributed by atoms with E-state index in [-0.39, 0.29) is 18.4 Å². The number of carbonyl (C=O) groups is 1. The van der Waals surface area contributed by atoms with Crippen LogP contribution in [0.3, 0.4) is 0 Å². The van der Waals surface area contributed by atoms with E-state index in [0.29, 0.717) is 13.1 Å². The number of nitrogens with one attached hydrogen (secondary N) is 1. The van der Waals surface area contributed by atoms with Gasteiger partial charge in [-0.1, -0.05) is 36.4 Å². The second-order valence-corrected chi connectivity index (χ2v) is 5.50. The highest BCUT2D eigenvalue weighted by molar-refractivity contribution is 5.76. The predicted molar refractivity (Wildman–Crippen MR) is 94.7 cm³/mol. The van der Waals surface area contributed by atoms with Crippen LogP contribution in [0.4, 0.5) is 0 Å². The summed E-state index contributed by atoms with van der Waals surface area (Å²) in [5.74, 6) is 0.764. The van der Waals surface area contributed by atoms with Crippen LogP contribution in [0.5, 0.6) is 5.75 Å². The molecule has 1 unspecified atom stereocenters. The summed E-state index contributed by atoms with van der Waals surface area (Å²) >= 11 is 0. The van der Waals surface area contributed by atoms with Crippen LogP contribution >= 0.6 is 0 Å². The second-order valence-electron chi connectivity index (χ2n) is 5.50. The zero-order valence-electron chi connectivity index (χ0n) is 14.1. The van der Waals surface area contributed by atoms with Crippen LogP contribution in [0.2, 0.25) is 0 Å². The summed E-state index contributed by atoms with van der Waals surface area (Å²) in [6.45, 7) is 0.817. The first kappa shape index (κ1) is 18.0. The highest BCUT2D eigenvalue weighted by Gasteiger charge is 2.10. The number of methoxy groups -OCH3 is 2. The molecule has 1 atom stereocenters. The van der Waals surface area contributed by atoms with Crippen LogP contribution in [0.1, 0.15) is 12.0 Å². The van der Waals surface area contributed by atoms with Crippen molar-refractivity contribution < 1.29 is 14.3 Å². The van der Waals surface area contributed by atoms with Gasteiger partial charge in [0.15, 0.2) is 0 Å². The molecule has 2 aromatic rings. The number of amides is 1. The second kappa shape index (κ2) is 9.05. The van der Waals surface area contributed by atoms with Crippen molar-refractivity contribution >= 4 is 5.91 Å². The van der Waals surface area contributed by atoms with Gasteiger partial charge in [-0.25, -0.2) is 0 Å². The zero-order valence-corrected chi connectivity index (χ0v) is 14.1. The van der Waals surface area contributed by atoms with E-state index < -0.39 is 0 Å². The molecule has 3 N–H and O–H groups in total. The van der Waals surface area contributed by atoms with Gasteiger partial charge in [-0.2, -0.15) is 0 Å². The molecule has 5 heteroatoms. The maximum Gasteiger partial charge on any atom is 0.222 e. The van der Waals surface area contributed by atoms with E-state index >= 15 is 0 Å². The molecule has 24 heavy (non-hydrogen) atoms. The van der Waals surface area contributed by atoms with Crippen molar-refractivity contribution in [2.75, 3.05) is 20.8 Å². The smallest absolute Gasteiger partial charge is 0.222 e. The first-order valence-corrected chi connectivity index (χ1v) is 7.89. The van der Waals surface area contributed by atoms with Crippen molar-refractivity contribution in [3.05, 3.63) is 54.1 Å². The van der Waals surface area contributed by atoms with E-state index in [4.69, 9.17) is 15.2 Å². The topological polar surface area (TPSA) is 73.6 Å². The molecule has 0 aliphatic carbocycles. The lowest BCUT2D eigenvalue weighted by molar-refractivity contribution is -0.123. The fourth-order valence-electron chi connectivity index (χ4n) is 2.36. The molecule has 0 heterocycles. The first-order chi connectivity index (χ1) is 11.7. The van der Waals surface area contributed by atoms with Crippen molar-refractivity contribution in [3.8, 4) is 16.9 Å². The number of hydrogen-bond donors (Lipinski definition) is 2. The number of nitrogens with two attached hydrogens (primary N) is 1. The Morgan fingerprint density at radius 2 is 1.88 bits per heavy atom. The Balaban J connectivity index is 1.93. The van der Waals surface area contributed by atoms with Crippen LogP contribution in [0, 0.1) is 0 Å². The molecule has 0 saturated heterocycles. The van der Waals surface area contributed by atoms with Gasteiger partial charge in [0.1, 0.15) is 5.75 Å². The molecule has 2 rings (SSSR count). The monoisotopic (exact) mass is 328 g/mol. The zero-order chi connectivity index (χ0) is 17.4. The molecule has 5 nitrogen and oxygen atoms in total. The Bertz CT molecular complexity index is 652. The average molecular weight is 328 g/mol. The van der Waals surface area contributed by atoms with E-state index in [1.54, 1.807) is 14.2 Å². The van der Waals surface area contributed by atoms with Gasteiger partial charge < -0.3 is 20.5 Å². The standard InChI is InChI=1S/C19H24N2O3/c1-23-17-5-3-4-16(10-17)15-8-6-14(7-9-15)13-21-19(22)11-18(12-20)24-2/h3-10,18H,11-13,20H2,1-2H3,(H,21,22). The van der Waals surface area contributed by atoms with Gasteiger partial charge in [0.2, 0.25) is 5.91 Å². The van der Waals surface area contributed by atoms with E-state index in [0.717, 1.165) is 22.4 Å². The molecule has 0 radical (unpaired) electrons. The van der Waals surface area contributed by atoms with Gasteiger partial charge in [0.05, 0.1) is 19.6 Å². The minimum atomic E-state index is -0.236. The lowest BCUT2D eigenvalue weighted by atomic mass is 10.0. The minimum Gasteiger partial charge on any atom is -0.497 e. The summed E-state index contributed by atoms with van der Waals surface area (Å²) in [4.78, 5) is 11.8. The van der Waals surface area contributed by atoms with Crippen molar-refractivity contribution in [2.45, 2.75) is 19.1 Å². The number of carbonyl (C=O) groups excluding carboxylic acids is 1. The molecule has 0 fully saturated rings. The van der Waals surface area contributed by atoms with Crippen LogP contribution in [0.25, 0.3) is 11.1 Å². The Hall–Kier alpha value is -2.37. The van der Waals surface area contributed by atoms with Gasteiger partial charge in [-0.15, -0.1) is 0 Å². The highest BCUT2D eigenvalue weighted by atomic mass is 16.5. The van der Waals surface area contributed by atoms with Crippen LogP contribution < -0.4 is 15.8 Å². The Kier molecular flexibility index (Phi) is 6.78. The highest BCUT2D eigenvalue weighted by Crippen LogP contribution is 2.24. The van der Waals surface area contributed by atoms with Gasteiger partial charge in [-0.05, 0) is 28.8 Å². The van der Waals surface area contributed by atoms with Gasteiger partial charge in [-0.3, -0.25) is 4.79 Å². The van der Waals surface area contributed by atoms with E-state index in [2.05, 4.69) is 5.32 Å². The lowest BCUT2D eigenvalue weighted by Gasteiger charge is -2.12. The summed E-state index contributed by atoms with van der Waals surface area (Å²) in [5.41, 5.74) is 8.75. The molecule has 0 aliphatic rings. The third-order valence-corrected chi connectivity index (χ3v) is 3.86. The van der Waals surface area contributed by atoms with Crippen LogP contribution in [-0.4, -0.2) is 32.8 Å². The fourth-order valence-corrected chi connectivity index (χ4v) is 2.36. The maximum absolute atomic E-state index is 11.8. The SMILES string of the molecule is COc1cccc(-c2ccc(CNC(=O)CC(CN)OC)cc2)c1. The normalized spacial score (nSPS) is 11.8. The maximum atomic E-state index is 11.8. The third kappa shape index (κ3) is 5.08. The van der Waals surface area contributed by atoms with Crippen LogP contribution in [0.15, 0.2) is 48.5 Å². The molecule has 2 aromatic carbocycles. The number of benzene rings is 2. The predicted octanol–water partition coefficient (Wildman–Crippen LogP) is 2.34. The summed E-state index contributed by atoms with van der Waals surface area (Å²) in [5, 5.41) is 2.88. The Morgan fingerprint density at radius 1 is 1.12 bits per heavy atom. The summed E-state index contributed by atoms with van der Waals surface area (Å²) < 4.78 is 10.4. The molecule has 0 bridgehead atoms. The molecule has 0 saturated carbocycles. The minimum absolute atomic E-state index is 0.0656. The third-order valence-electron chi connectivity index (χ3n) is 3.86. The molecular formula is C19H24N2O3. The summed E-state index contributed by atoms with van der Waals surface area (Å²) in [6, 6.07) is 16.0. The van der Waals surface area contributed by atoms with E-state index in [1.165, 1.54) is 0 Å². The number of hydrogen-bond acceptors (Lipinski definition) is 4. The van der Waals surface area contributed by atoms with E-state index in [1.807, 2.05) is 48.5 Å². The molecule has 0 aromatic heterocycles. The van der Waals surface area contributed by atoms with Gasteiger partial charge in [0.25, 0.3) is 0 Å². The largest absolute Gasteiger partial charge is 0.497 e. The summed E-state index contributed by atoms with van der Waals surface area (Å²) in [7, 11) is 3.21. The average Bonchev–Trinajstić information content (AvgIpc) is 2.65. The van der Waals surface area contributed by atoms with Gasteiger partial charge in [0, 0.05) is 20.2 Å². The van der Waals surface area contributed by atoms with E-state index in [9.17, 15) is 4.79 Å². The number of ether oxygens (including phenoxy) is 2. The van der Waals surface area contributed by atoms with Crippen molar-refractivity contribution in [1.82, 2.24) is 5.32 Å². The lowest BCUT2D eigenvalue weighted by Crippen LogP contribution is -2.31. The summed E-state index contributed by atoms with van der Waals surface area (Å²) in [6.07, 6.45) is 0.0370. The fraction of sp³-hybridized carbons (Fsp3) is 0.316. The first-order valence-electron chi connectivity index (χ1n) is 7.89. The Morgan fingerprint density at radius 3 is 2.50 bits per heavy atom. The van der Waals surface area contributed by atoms with Crippen molar-refractivity contribution in [1.29, 1.82) is 0 Å². The molecule has 128 valence electrons. The quantitative estimate of drug-likeness (QED) is 0.780.